The van der Waals surface area contributed by atoms with Crippen molar-refractivity contribution in [2.24, 2.45) is 0 Å². The van der Waals surface area contributed by atoms with Gasteiger partial charge in [0.25, 0.3) is 5.92 Å². The lowest BCUT2D eigenvalue weighted by molar-refractivity contribution is -0.129. The summed E-state index contributed by atoms with van der Waals surface area (Å²) >= 11 is 0. The van der Waals surface area contributed by atoms with Gasteiger partial charge in [-0.1, -0.05) is 30.3 Å². The van der Waals surface area contributed by atoms with Gasteiger partial charge in [0.1, 0.15) is 6.04 Å². The second kappa shape index (κ2) is 8.21. The Kier molecular flexibility index (Phi) is 6.90. The number of hydrogen-bond donors (Lipinski definition) is 3. The lowest BCUT2D eigenvalue weighted by Crippen LogP contribution is -2.49. The fourth-order valence-electron chi connectivity index (χ4n) is 2.22. The number of alkyl halides is 2. The highest BCUT2D eigenvalue weighted by molar-refractivity contribution is 5.89. The van der Waals surface area contributed by atoms with Crippen molar-refractivity contribution in [3.8, 4) is 0 Å². The van der Waals surface area contributed by atoms with Crippen molar-refractivity contribution >= 4 is 24.2 Å². The molecule has 5 nitrogen and oxygen atoms in total. The summed E-state index contributed by atoms with van der Waals surface area (Å²) in [6.45, 7) is 1.35. The van der Waals surface area contributed by atoms with E-state index in [0.717, 1.165) is 5.56 Å². The lowest BCUT2D eigenvalue weighted by Gasteiger charge is -2.17. The first-order valence-electron chi connectivity index (χ1n) is 7.10. The van der Waals surface area contributed by atoms with Crippen molar-refractivity contribution in [1.82, 2.24) is 16.0 Å². The second-order valence-corrected chi connectivity index (χ2v) is 5.43. The maximum Gasteiger partial charge on any atom is 0.262 e. The van der Waals surface area contributed by atoms with E-state index in [-0.39, 0.29) is 18.3 Å². The van der Waals surface area contributed by atoms with E-state index in [1.165, 1.54) is 6.92 Å². The zero-order valence-electron chi connectivity index (χ0n) is 12.6. The third-order valence-electron chi connectivity index (χ3n) is 3.49. The Morgan fingerprint density at radius 3 is 2.57 bits per heavy atom. The van der Waals surface area contributed by atoms with E-state index in [1.807, 2.05) is 30.3 Å². The molecule has 2 atom stereocenters. The van der Waals surface area contributed by atoms with Crippen LogP contribution in [0, 0.1) is 0 Å². The molecule has 8 heteroatoms. The van der Waals surface area contributed by atoms with Gasteiger partial charge in [0.05, 0.1) is 12.6 Å². The number of hydrogen-bond acceptors (Lipinski definition) is 3. The normalized spacial score (nSPS) is 20.2. The van der Waals surface area contributed by atoms with Gasteiger partial charge in [-0.2, -0.15) is 0 Å². The van der Waals surface area contributed by atoms with Crippen LogP contribution in [0.2, 0.25) is 0 Å². The third kappa shape index (κ3) is 5.76. The minimum atomic E-state index is -2.87. The number of amides is 2. The van der Waals surface area contributed by atoms with E-state index in [4.69, 9.17) is 0 Å². The molecule has 23 heavy (non-hydrogen) atoms. The summed E-state index contributed by atoms with van der Waals surface area (Å²) in [4.78, 5) is 23.7. The van der Waals surface area contributed by atoms with Crippen LogP contribution in [-0.2, 0) is 16.1 Å². The Labute approximate surface area is 139 Å². The lowest BCUT2D eigenvalue weighted by atomic mass is 10.1. The number of benzene rings is 1. The van der Waals surface area contributed by atoms with Crippen LogP contribution in [0.5, 0.6) is 0 Å². The van der Waals surface area contributed by atoms with Crippen molar-refractivity contribution in [3.05, 3.63) is 35.9 Å². The predicted octanol–water partition coefficient (Wildman–Crippen LogP) is 1.23. The molecule has 0 saturated carbocycles. The van der Waals surface area contributed by atoms with Gasteiger partial charge >= 0.3 is 0 Å². The SMILES string of the molecule is CC(NC(=O)C1CC(F)(F)CN1)C(=O)NCc1ccccc1.Cl. The molecule has 128 valence electrons. The first-order chi connectivity index (χ1) is 10.4. The molecule has 0 aliphatic carbocycles. The highest BCUT2D eigenvalue weighted by Gasteiger charge is 2.42. The largest absolute Gasteiger partial charge is 0.350 e. The maximum atomic E-state index is 13.0. The van der Waals surface area contributed by atoms with Gasteiger partial charge < -0.3 is 10.6 Å². The zero-order valence-corrected chi connectivity index (χ0v) is 13.5. The van der Waals surface area contributed by atoms with Crippen LogP contribution in [0.15, 0.2) is 30.3 Å². The monoisotopic (exact) mass is 347 g/mol. The van der Waals surface area contributed by atoms with Gasteiger partial charge in [0, 0.05) is 13.0 Å². The van der Waals surface area contributed by atoms with Gasteiger partial charge in [0.2, 0.25) is 11.8 Å². The van der Waals surface area contributed by atoms with Crippen LogP contribution in [0.1, 0.15) is 18.9 Å². The van der Waals surface area contributed by atoms with Crippen molar-refractivity contribution in [2.45, 2.75) is 37.9 Å². The van der Waals surface area contributed by atoms with Crippen molar-refractivity contribution in [3.63, 3.8) is 0 Å². The van der Waals surface area contributed by atoms with Crippen LogP contribution in [0.4, 0.5) is 8.78 Å². The molecule has 1 saturated heterocycles. The molecular formula is C15H20ClF2N3O2. The van der Waals surface area contributed by atoms with Crippen LogP contribution < -0.4 is 16.0 Å². The van der Waals surface area contributed by atoms with E-state index in [0.29, 0.717) is 6.54 Å². The van der Waals surface area contributed by atoms with Gasteiger partial charge in [-0.05, 0) is 12.5 Å². The molecule has 2 unspecified atom stereocenters. The Morgan fingerprint density at radius 1 is 1.35 bits per heavy atom. The van der Waals surface area contributed by atoms with Gasteiger partial charge in [-0.3, -0.25) is 14.9 Å². The maximum absolute atomic E-state index is 13.0. The average molecular weight is 348 g/mol. The summed E-state index contributed by atoms with van der Waals surface area (Å²) in [5.74, 6) is -3.82. The molecular weight excluding hydrogens is 328 g/mol. The minimum absolute atomic E-state index is 0. The molecule has 1 fully saturated rings. The molecule has 0 bridgehead atoms. The molecule has 1 heterocycles. The molecule has 1 aliphatic heterocycles. The van der Waals surface area contributed by atoms with Crippen LogP contribution in [0.3, 0.4) is 0 Å². The topological polar surface area (TPSA) is 70.2 Å². The van der Waals surface area contributed by atoms with Gasteiger partial charge in [-0.25, -0.2) is 8.78 Å². The molecule has 3 N–H and O–H groups in total. The van der Waals surface area contributed by atoms with Crippen LogP contribution in [0.25, 0.3) is 0 Å². The molecule has 2 amide bonds. The molecule has 0 spiro atoms. The third-order valence-corrected chi connectivity index (χ3v) is 3.49. The van der Waals surface area contributed by atoms with E-state index >= 15 is 0 Å². The summed E-state index contributed by atoms with van der Waals surface area (Å²) in [6, 6.07) is 7.59. The smallest absolute Gasteiger partial charge is 0.262 e. The fourth-order valence-corrected chi connectivity index (χ4v) is 2.22. The summed E-state index contributed by atoms with van der Waals surface area (Å²) in [5.41, 5.74) is 0.937. The van der Waals surface area contributed by atoms with E-state index < -0.39 is 36.9 Å². The first kappa shape index (κ1) is 19.3. The molecule has 1 aliphatic rings. The summed E-state index contributed by atoms with van der Waals surface area (Å²) < 4.78 is 26.1. The van der Waals surface area contributed by atoms with E-state index in [1.54, 1.807) is 0 Å². The number of rotatable bonds is 5. The van der Waals surface area contributed by atoms with Gasteiger partial charge in [0.15, 0.2) is 0 Å². The van der Waals surface area contributed by atoms with Crippen molar-refractivity contribution < 1.29 is 18.4 Å². The Bertz CT molecular complexity index is 543. The van der Waals surface area contributed by atoms with Crippen LogP contribution in [-0.4, -0.2) is 36.4 Å². The number of carbonyl (C=O) groups is 2. The number of carbonyl (C=O) groups excluding carboxylic acids is 2. The standard InChI is InChI=1S/C15H19F2N3O2.ClH/c1-10(13(21)18-8-11-5-3-2-4-6-11)20-14(22)12-7-15(16,17)9-19-12;/h2-6,10,12,19H,7-9H2,1H3,(H,18,21)(H,20,22);1H. The van der Waals surface area contributed by atoms with Crippen molar-refractivity contribution in [1.29, 1.82) is 0 Å². The first-order valence-corrected chi connectivity index (χ1v) is 7.10. The summed E-state index contributed by atoms with van der Waals surface area (Å²) in [6.07, 6.45) is -0.544. The summed E-state index contributed by atoms with van der Waals surface area (Å²) in [7, 11) is 0. The van der Waals surface area contributed by atoms with Gasteiger partial charge in [-0.15, -0.1) is 12.4 Å². The Balaban J connectivity index is 0.00000264. The minimum Gasteiger partial charge on any atom is -0.350 e. The van der Waals surface area contributed by atoms with E-state index in [9.17, 15) is 18.4 Å². The summed E-state index contributed by atoms with van der Waals surface area (Å²) in [5, 5.41) is 7.59. The number of halogens is 3. The Hall–Kier alpha value is -1.73. The molecule has 0 aromatic heterocycles. The highest BCUT2D eigenvalue weighted by atomic mass is 35.5. The average Bonchev–Trinajstić information content (AvgIpc) is 2.86. The molecule has 1 aromatic rings. The Morgan fingerprint density at radius 2 is 2.00 bits per heavy atom. The zero-order chi connectivity index (χ0) is 16.2. The highest BCUT2D eigenvalue weighted by Crippen LogP contribution is 2.25. The molecule has 2 rings (SSSR count). The second-order valence-electron chi connectivity index (χ2n) is 5.43. The predicted molar refractivity (Wildman–Crippen MR) is 84.5 cm³/mol. The number of nitrogens with one attached hydrogen (secondary N) is 3. The van der Waals surface area contributed by atoms with Crippen LogP contribution >= 0.6 is 12.4 Å². The molecule has 1 aromatic carbocycles. The quantitative estimate of drug-likeness (QED) is 0.750. The fraction of sp³-hybridized carbons (Fsp3) is 0.467. The van der Waals surface area contributed by atoms with Crippen molar-refractivity contribution in [2.75, 3.05) is 6.54 Å². The molecule has 0 radical (unpaired) electrons. The van der Waals surface area contributed by atoms with E-state index in [2.05, 4.69) is 16.0 Å².